The molecule has 1 atom stereocenters. The molecule has 0 aliphatic carbocycles. The Bertz CT molecular complexity index is 283. The maximum atomic E-state index is 11.9. The molecule has 0 spiro atoms. The van der Waals surface area contributed by atoms with E-state index < -0.39 is 11.7 Å². The van der Waals surface area contributed by atoms with Gasteiger partial charge in [-0.25, -0.2) is 4.79 Å². The third kappa shape index (κ3) is 6.22. The van der Waals surface area contributed by atoms with Crippen molar-refractivity contribution in [3.8, 4) is 0 Å². The number of ether oxygens (including phenoxy) is 2. The second-order valence-electron chi connectivity index (χ2n) is 5.88. The largest absolute Gasteiger partial charge is 0.444 e. The topological polar surface area (TPSA) is 62.2 Å². The van der Waals surface area contributed by atoms with E-state index in [2.05, 4.69) is 4.90 Å². The van der Waals surface area contributed by atoms with E-state index in [4.69, 9.17) is 9.47 Å². The van der Waals surface area contributed by atoms with Crippen molar-refractivity contribution in [2.45, 2.75) is 32.5 Å². The fourth-order valence-corrected chi connectivity index (χ4v) is 1.98. The van der Waals surface area contributed by atoms with Crippen LogP contribution in [-0.4, -0.2) is 79.1 Å². The lowest BCUT2D eigenvalue weighted by Crippen LogP contribution is -2.51. The van der Waals surface area contributed by atoms with E-state index in [0.29, 0.717) is 26.2 Å². The number of hydrogen-bond donors (Lipinski definition) is 1. The number of carbonyl (C=O) groups excluding carboxylic acids is 1. The Hall–Kier alpha value is -0.850. The summed E-state index contributed by atoms with van der Waals surface area (Å²) in [6.45, 7) is 9.28. The Kier molecular flexibility index (Phi) is 6.03. The lowest BCUT2D eigenvalue weighted by molar-refractivity contribution is 0.00245. The quantitative estimate of drug-likeness (QED) is 0.811. The second kappa shape index (κ2) is 7.07. The fourth-order valence-electron chi connectivity index (χ4n) is 1.98. The Labute approximate surface area is 115 Å². The normalized spacial score (nSPS) is 19.3. The maximum absolute atomic E-state index is 11.9. The molecule has 1 N–H and O–H groups in total. The molecule has 112 valence electrons. The standard InChI is InChI=1S/C13H26N2O4/c1-13(2,3)19-12(17)15-7-5-14(6-8-15)9-11(16)10-18-4/h11,16H,5-10H2,1-4H3/t11-/m1/s1. The van der Waals surface area contributed by atoms with Gasteiger partial charge in [-0.05, 0) is 20.8 Å². The summed E-state index contributed by atoms with van der Waals surface area (Å²) in [4.78, 5) is 15.7. The van der Waals surface area contributed by atoms with E-state index in [-0.39, 0.29) is 6.09 Å². The summed E-state index contributed by atoms with van der Waals surface area (Å²) >= 11 is 0. The van der Waals surface area contributed by atoms with Crippen LogP contribution in [0.5, 0.6) is 0 Å². The number of piperazine rings is 1. The van der Waals surface area contributed by atoms with Crippen molar-refractivity contribution < 1.29 is 19.4 Å². The number of methoxy groups -OCH3 is 1. The van der Waals surface area contributed by atoms with Gasteiger partial charge in [0, 0.05) is 39.8 Å². The van der Waals surface area contributed by atoms with Crippen molar-refractivity contribution in [3.05, 3.63) is 0 Å². The van der Waals surface area contributed by atoms with Crippen LogP contribution in [0.15, 0.2) is 0 Å². The summed E-state index contributed by atoms with van der Waals surface area (Å²) in [6.07, 6.45) is -0.734. The van der Waals surface area contributed by atoms with Gasteiger partial charge in [-0.3, -0.25) is 4.90 Å². The number of β-amino-alcohol motifs (C(OH)–C–C–N with tert-alkyl or cyclic N) is 1. The van der Waals surface area contributed by atoms with E-state index in [0.717, 1.165) is 13.1 Å². The summed E-state index contributed by atoms with van der Waals surface area (Å²) in [7, 11) is 1.57. The molecule has 0 aromatic carbocycles. The number of carbonyl (C=O) groups is 1. The van der Waals surface area contributed by atoms with Crippen molar-refractivity contribution in [2.24, 2.45) is 0 Å². The molecule has 19 heavy (non-hydrogen) atoms. The number of aliphatic hydroxyl groups is 1. The Balaban J connectivity index is 2.30. The predicted molar refractivity (Wildman–Crippen MR) is 72.1 cm³/mol. The number of amides is 1. The van der Waals surface area contributed by atoms with Crippen molar-refractivity contribution in [3.63, 3.8) is 0 Å². The molecule has 0 radical (unpaired) electrons. The van der Waals surface area contributed by atoms with E-state index in [1.807, 2.05) is 20.8 Å². The van der Waals surface area contributed by atoms with Gasteiger partial charge in [-0.15, -0.1) is 0 Å². The fraction of sp³-hybridized carbons (Fsp3) is 0.923. The molecule has 0 bridgehead atoms. The molecular weight excluding hydrogens is 248 g/mol. The minimum atomic E-state index is -0.474. The minimum absolute atomic E-state index is 0.260. The van der Waals surface area contributed by atoms with Crippen LogP contribution in [0.4, 0.5) is 4.79 Å². The number of nitrogens with zero attached hydrogens (tertiary/aromatic N) is 2. The first-order valence-corrected chi connectivity index (χ1v) is 6.69. The molecule has 1 heterocycles. The molecule has 1 saturated heterocycles. The zero-order valence-corrected chi connectivity index (χ0v) is 12.4. The van der Waals surface area contributed by atoms with E-state index in [1.54, 1.807) is 12.0 Å². The van der Waals surface area contributed by atoms with E-state index in [9.17, 15) is 9.90 Å². The molecule has 0 aromatic rings. The van der Waals surface area contributed by atoms with Gasteiger partial charge in [-0.1, -0.05) is 0 Å². The Morgan fingerprint density at radius 2 is 1.84 bits per heavy atom. The van der Waals surface area contributed by atoms with Gasteiger partial charge in [0.2, 0.25) is 0 Å². The molecule has 6 heteroatoms. The predicted octanol–water partition coefficient (Wildman–Crippen LogP) is 0.546. The molecule has 0 unspecified atom stereocenters. The summed E-state index contributed by atoms with van der Waals surface area (Å²) in [6, 6.07) is 0. The SMILES string of the molecule is COC[C@H](O)CN1CCN(C(=O)OC(C)(C)C)CC1. The Morgan fingerprint density at radius 1 is 1.26 bits per heavy atom. The zero-order chi connectivity index (χ0) is 14.5. The van der Waals surface area contributed by atoms with Crippen LogP contribution >= 0.6 is 0 Å². The molecule has 6 nitrogen and oxygen atoms in total. The van der Waals surface area contributed by atoms with Crippen LogP contribution in [-0.2, 0) is 9.47 Å². The van der Waals surface area contributed by atoms with E-state index in [1.165, 1.54) is 0 Å². The zero-order valence-electron chi connectivity index (χ0n) is 12.4. The van der Waals surface area contributed by atoms with Gasteiger partial charge in [0.25, 0.3) is 0 Å². The summed E-state index contributed by atoms with van der Waals surface area (Å²) < 4.78 is 10.2. The van der Waals surface area contributed by atoms with Gasteiger partial charge in [0.15, 0.2) is 0 Å². The molecule has 1 rings (SSSR count). The number of rotatable bonds is 4. The van der Waals surface area contributed by atoms with Crippen LogP contribution in [0.25, 0.3) is 0 Å². The average Bonchev–Trinajstić information content (AvgIpc) is 2.27. The summed E-state index contributed by atoms with van der Waals surface area (Å²) in [5, 5.41) is 9.66. The highest BCUT2D eigenvalue weighted by Crippen LogP contribution is 2.12. The van der Waals surface area contributed by atoms with Crippen molar-refractivity contribution in [1.82, 2.24) is 9.80 Å². The lowest BCUT2D eigenvalue weighted by Gasteiger charge is -2.36. The van der Waals surface area contributed by atoms with Gasteiger partial charge < -0.3 is 19.5 Å². The molecular formula is C13H26N2O4. The Morgan fingerprint density at radius 3 is 2.32 bits per heavy atom. The highest BCUT2D eigenvalue weighted by molar-refractivity contribution is 5.68. The van der Waals surface area contributed by atoms with Crippen molar-refractivity contribution in [2.75, 3.05) is 46.4 Å². The molecule has 1 amide bonds. The van der Waals surface area contributed by atoms with Crippen LogP contribution in [0.1, 0.15) is 20.8 Å². The number of aliphatic hydroxyl groups excluding tert-OH is 1. The van der Waals surface area contributed by atoms with Crippen molar-refractivity contribution in [1.29, 1.82) is 0 Å². The first-order valence-electron chi connectivity index (χ1n) is 6.69. The second-order valence-corrected chi connectivity index (χ2v) is 5.88. The highest BCUT2D eigenvalue weighted by atomic mass is 16.6. The molecule has 1 aliphatic heterocycles. The van der Waals surface area contributed by atoms with Crippen LogP contribution in [0.3, 0.4) is 0 Å². The number of hydrogen-bond acceptors (Lipinski definition) is 5. The third-order valence-corrected chi connectivity index (χ3v) is 2.85. The van der Waals surface area contributed by atoms with Gasteiger partial charge >= 0.3 is 6.09 Å². The van der Waals surface area contributed by atoms with Gasteiger partial charge in [0.1, 0.15) is 5.60 Å². The molecule has 1 fully saturated rings. The third-order valence-electron chi connectivity index (χ3n) is 2.85. The van der Waals surface area contributed by atoms with E-state index >= 15 is 0 Å². The summed E-state index contributed by atoms with van der Waals surface area (Å²) in [5.41, 5.74) is -0.455. The molecule has 1 aliphatic rings. The monoisotopic (exact) mass is 274 g/mol. The first-order chi connectivity index (χ1) is 8.81. The van der Waals surface area contributed by atoms with Crippen LogP contribution < -0.4 is 0 Å². The van der Waals surface area contributed by atoms with Crippen LogP contribution in [0, 0.1) is 0 Å². The van der Waals surface area contributed by atoms with Crippen LogP contribution in [0.2, 0.25) is 0 Å². The highest BCUT2D eigenvalue weighted by Gasteiger charge is 2.26. The van der Waals surface area contributed by atoms with Gasteiger partial charge in [-0.2, -0.15) is 0 Å². The molecule has 0 aromatic heterocycles. The molecule has 0 saturated carbocycles. The minimum Gasteiger partial charge on any atom is -0.444 e. The maximum Gasteiger partial charge on any atom is 0.410 e. The lowest BCUT2D eigenvalue weighted by atomic mass is 10.2. The summed E-state index contributed by atoms with van der Waals surface area (Å²) in [5.74, 6) is 0. The van der Waals surface area contributed by atoms with Gasteiger partial charge in [0.05, 0.1) is 12.7 Å². The first kappa shape index (κ1) is 16.2. The average molecular weight is 274 g/mol. The van der Waals surface area contributed by atoms with Crippen molar-refractivity contribution >= 4 is 6.09 Å². The smallest absolute Gasteiger partial charge is 0.410 e.